The van der Waals surface area contributed by atoms with E-state index in [9.17, 15) is 4.79 Å². The van der Waals surface area contributed by atoms with Crippen molar-refractivity contribution in [1.82, 2.24) is 24.5 Å². The van der Waals surface area contributed by atoms with Gasteiger partial charge in [-0.3, -0.25) is 14.0 Å². The minimum Gasteiger partial charge on any atom is -0.341 e. The fourth-order valence-electron chi connectivity index (χ4n) is 3.70. The van der Waals surface area contributed by atoms with Crippen LogP contribution in [0.5, 0.6) is 0 Å². The van der Waals surface area contributed by atoms with Gasteiger partial charge in [0.15, 0.2) is 5.16 Å². The van der Waals surface area contributed by atoms with Gasteiger partial charge in [-0.15, -0.1) is 10.2 Å². The van der Waals surface area contributed by atoms with Crippen LogP contribution in [0.2, 0.25) is 0 Å². The summed E-state index contributed by atoms with van der Waals surface area (Å²) in [5.74, 6) is 0.949. The molecule has 0 spiro atoms. The standard InChI is InChI=1S/C19H29N7OS/c1-12-16(13(2)24(4)23-12)20-17(27)14(3)28-19-22-21-18(26(19)15-8-9-15)25-10-6-5-7-11-25/h14-15H,5-11H2,1-4H3,(H,20,27). The molecule has 0 bridgehead atoms. The van der Waals surface area contributed by atoms with Gasteiger partial charge >= 0.3 is 0 Å². The lowest BCUT2D eigenvalue weighted by molar-refractivity contribution is -0.115. The summed E-state index contributed by atoms with van der Waals surface area (Å²) in [4.78, 5) is 15.2. The Kier molecular flexibility index (Phi) is 5.35. The van der Waals surface area contributed by atoms with Crippen molar-refractivity contribution in [3.63, 3.8) is 0 Å². The van der Waals surface area contributed by atoms with Crippen molar-refractivity contribution in [3.05, 3.63) is 11.4 Å². The zero-order valence-electron chi connectivity index (χ0n) is 17.1. The maximum Gasteiger partial charge on any atom is 0.237 e. The Morgan fingerprint density at radius 2 is 1.89 bits per heavy atom. The van der Waals surface area contributed by atoms with E-state index in [1.807, 2.05) is 27.8 Å². The van der Waals surface area contributed by atoms with Crippen molar-refractivity contribution < 1.29 is 4.79 Å². The largest absolute Gasteiger partial charge is 0.341 e. The summed E-state index contributed by atoms with van der Waals surface area (Å²) in [5.41, 5.74) is 2.59. The average molecular weight is 404 g/mol. The molecule has 1 saturated carbocycles. The first-order valence-electron chi connectivity index (χ1n) is 10.1. The van der Waals surface area contributed by atoms with Crippen LogP contribution in [0.4, 0.5) is 11.6 Å². The van der Waals surface area contributed by atoms with Gasteiger partial charge in [0.25, 0.3) is 0 Å². The first-order chi connectivity index (χ1) is 13.5. The molecule has 2 fully saturated rings. The van der Waals surface area contributed by atoms with Gasteiger partial charge in [-0.25, -0.2) is 0 Å². The molecule has 3 heterocycles. The second-order valence-electron chi connectivity index (χ2n) is 7.85. The Hall–Kier alpha value is -2.03. The molecule has 152 valence electrons. The number of hydrogen-bond acceptors (Lipinski definition) is 6. The van der Waals surface area contributed by atoms with Gasteiger partial charge in [-0.2, -0.15) is 5.10 Å². The van der Waals surface area contributed by atoms with Gasteiger partial charge in [0.05, 0.1) is 22.3 Å². The highest BCUT2D eigenvalue weighted by Gasteiger charge is 2.33. The number of rotatable bonds is 6. The van der Waals surface area contributed by atoms with E-state index in [-0.39, 0.29) is 11.2 Å². The Labute approximate surface area is 170 Å². The molecule has 1 atom stereocenters. The van der Waals surface area contributed by atoms with Crippen LogP contribution in [0.3, 0.4) is 0 Å². The molecule has 2 aliphatic rings. The van der Waals surface area contributed by atoms with E-state index >= 15 is 0 Å². The smallest absolute Gasteiger partial charge is 0.237 e. The Balaban J connectivity index is 1.49. The first kappa shape index (κ1) is 19.3. The van der Waals surface area contributed by atoms with E-state index in [4.69, 9.17) is 0 Å². The summed E-state index contributed by atoms with van der Waals surface area (Å²) in [6.07, 6.45) is 6.05. The number of aryl methyl sites for hydroxylation is 2. The number of hydrogen-bond donors (Lipinski definition) is 1. The van der Waals surface area contributed by atoms with Crippen LogP contribution >= 0.6 is 11.8 Å². The zero-order chi connectivity index (χ0) is 19.8. The predicted molar refractivity (Wildman–Crippen MR) is 111 cm³/mol. The summed E-state index contributed by atoms with van der Waals surface area (Å²) in [7, 11) is 1.89. The molecule has 0 aromatic carbocycles. The van der Waals surface area contributed by atoms with Crippen LogP contribution in [0.1, 0.15) is 56.5 Å². The quantitative estimate of drug-likeness (QED) is 0.747. The number of carbonyl (C=O) groups is 1. The molecule has 8 nitrogen and oxygen atoms in total. The molecular weight excluding hydrogens is 374 g/mol. The number of thioether (sulfide) groups is 1. The third-order valence-corrected chi connectivity index (χ3v) is 6.66. The summed E-state index contributed by atoms with van der Waals surface area (Å²) in [5, 5.41) is 17.0. The van der Waals surface area contributed by atoms with Crippen LogP contribution in [0.25, 0.3) is 0 Å². The number of carbonyl (C=O) groups excluding carboxylic acids is 1. The molecule has 1 N–H and O–H groups in total. The maximum absolute atomic E-state index is 12.8. The van der Waals surface area contributed by atoms with E-state index in [0.29, 0.717) is 6.04 Å². The van der Waals surface area contributed by atoms with Crippen LogP contribution in [0, 0.1) is 13.8 Å². The molecule has 0 radical (unpaired) electrons. The molecule has 9 heteroatoms. The molecule has 1 aliphatic carbocycles. The lowest BCUT2D eigenvalue weighted by Crippen LogP contribution is -2.32. The fourth-order valence-corrected chi connectivity index (χ4v) is 4.62. The first-order valence-corrected chi connectivity index (χ1v) is 11.0. The molecular formula is C19H29N7OS. The van der Waals surface area contributed by atoms with Crippen molar-refractivity contribution in [1.29, 1.82) is 0 Å². The van der Waals surface area contributed by atoms with E-state index in [2.05, 4.69) is 30.1 Å². The van der Waals surface area contributed by atoms with Crippen molar-refractivity contribution in [2.75, 3.05) is 23.3 Å². The monoisotopic (exact) mass is 403 g/mol. The number of nitrogens with zero attached hydrogens (tertiary/aromatic N) is 6. The van der Waals surface area contributed by atoms with E-state index in [1.54, 1.807) is 4.68 Å². The molecule has 28 heavy (non-hydrogen) atoms. The molecule has 2 aromatic heterocycles. The van der Waals surface area contributed by atoms with Gasteiger partial charge in [0.2, 0.25) is 11.9 Å². The van der Waals surface area contributed by atoms with Crippen molar-refractivity contribution in [2.45, 2.75) is 69.3 Å². The summed E-state index contributed by atoms with van der Waals surface area (Å²) >= 11 is 1.49. The number of amides is 1. The van der Waals surface area contributed by atoms with E-state index in [1.165, 1.54) is 43.9 Å². The van der Waals surface area contributed by atoms with E-state index < -0.39 is 0 Å². The van der Waals surface area contributed by atoms with E-state index in [0.717, 1.165) is 41.3 Å². The zero-order valence-corrected chi connectivity index (χ0v) is 17.9. The van der Waals surface area contributed by atoms with Crippen LogP contribution in [0.15, 0.2) is 5.16 Å². The highest BCUT2D eigenvalue weighted by Crippen LogP contribution is 2.42. The third-order valence-electron chi connectivity index (χ3n) is 5.61. The molecule has 1 aliphatic heterocycles. The lowest BCUT2D eigenvalue weighted by Gasteiger charge is -2.28. The highest BCUT2D eigenvalue weighted by atomic mass is 32.2. The van der Waals surface area contributed by atoms with Gasteiger partial charge in [-0.05, 0) is 52.9 Å². The predicted octanol–water partition coefficient (Wildman–Crippen LogP) is 3.07. The molecule has 1 amide bonds. The molecule has 1 unspecified atom stereocenters. The van der Waals surface area contributed by atoms with Gasteiger partial charge in [-0.1, -0.05) is 11.8 Å². The summed E-state index contributed by atoms with van der Waals surface area (Å²) in [6.45, 7) is 7.89. The second kappa shape index (κ2) is 7.77. The minimum absolute atomic E-state index is 0.0333. The Bertz CT molecular complexity index is 864. The number of anilines is 2. The summed E-state index contributed by atoms with van der Waals surface area (Å²) < 4.78 is 4.05. The number of aromatic nitrogens is 5. The average Bonchev–Trinajstić information content (AvgIpc) is 3.40. The van der Waals surface area contributed by atoms with Crippen LogP contribution in [-0.2, 0) is 11.8 Å². The van der Waals surface area contributed by atoms with Crippen LogP contribution in [-0.4, -0.2) is 48.8 Å². The minimum atomic E-state index is -0.269. The SMILES string of the molecule is Cc1nn(C)c(C)c1NC(=O)C(C)Sc1nnc(N2CCCCC2)n1C1CC1. The molecule has 4 rings (SSSR count). The number of piperidine rings is 1. The summed E-state index contributed by atoms with van der Waals surface area (Å²) in [6, 6.07) is 0.479. The molecule has 1 saturated heterocycles. The van der Waals surface area contributed by atoms with Crippen molar-refractivity contribution in [2.24, 2.45) is 7.05 Å². The highest BCUT2D eigenvalue weighted by molar-refractivity contribution is 8.00. The lowest BCUT2D eigenvalue weighted by atomic mass is 10.1. The Morgan fingerprint density at radius 3 is 2.50 bits per heavy atom. The normalized spacial score (nSPS) is 18.4. The van der Waals surface area contributed by atoms with Gasteiger partial charge in [0, 0.05) is 26.2 Å². The van der Waals surface area contributed by atoms with Gasteiger partial charge < -0.3 is 10.2 Å². The van der Waals surface area contributed by atoms with Crippen LogP contribution < -0.4 is 10.2 Å². The van der Waals surface area contributed by atoms with Crippen molar-refractivity contribution in [3.8, 4) is 0 Å². The fraction of sp³-hybridized carbons (Fsp3) is 0.684. The number of nitrogens with one attached hydrogen (secondary N) is 1. The Morgan fingerprint density at radius 1 is 1.18 bits per heavy atom. The maximum atomic E-state index is 12.8. The third kappa shape index (κ3) is 3.76. The van der Waals surface area contributed by atoms with Gasteiger partial charge in [0.1, 0.15) is 0 Å². The topological polar surface area (TPSA) is 80.9 Å². The second-order valence-corrected chi connectivity index (χ2v) is 9.16. The van der Waals surface area contributed by atoms with Crippen molar-refractivity contribution >= 4 is 29.3 Å². The molecule has 2 aromatic rings.